The van der Waals surface area contributed by atoms with Crippen LogP contribution in [-0.2, 0) is 4.79 Å². The van der Waals surface area contributed by atoms with Gasteiger partial charge >= 0.3 is 0 Å². The molecule has 116 valence electrons. The molecule has 0 aromatic carbocycles. The van der Waals surface area contributed by atoms with Gasteiger partial charge < -0.3 is 16.0 Å². The van der Waals surface area contributed by atoms with Gasteiger partial charge in [0.05, 0.1) is 0 Å². The largest absolute Gasteiger partial charge is 0.357 e. The van der Waals surface area contributed by atoms with Gasteiger partial charge in [0, 0.05) is 19.1 Å². The molecule has 5 nitrogen and oxygen atoms in total. The Balaban J connectivity index is 2.18. The average Bonchev–Trinajstić information content (AvgIpc) is 3.19. The summed E-state index contributed by atoms with van der Waals surface area (Å²) in [6.45, 7) is 8.44. The predicted molar refractivity (Wildman–Crippen MR) is 83.8 cm³/mol. The second kappa shape index (κ2) is 9.61. The van der Waals surface area contributed by atoms with Crippen molar-refractivity contribution < 1.29 is 4.79 Å². The Morgan fingerprint density at radius 3 is 2.60 bits per heavy atom. The monoisotopic (exact) mass is 282 g/mol. The van der Waals surface area contributed by atoms with Crippen LogP contribution in [0.25, 0.3) is 0 Å². The Morgan fingerprint density at radius 1 is 1.25 bits per heavy atom. The number of carbonyl (C=O) groups is 1. The number of unbranched alkanes of at least 4 members (excludes halogenated alkanes) is 1. The van der Waals surface area contributed by atoms with E-state index in [1.807, 2.05) is 6.92 Å². The van der Waals surface area contributed by atoms with Crippen molar-refractivity contribution in [2.24, 2.45) is 10.9 Å². The Labute approximate surface area is 123 Å². The molecule has 1 aliphatic carbocycles. The first-order valence-electron chi connectivity index (χ1n) is 7.93. The normalized spacial score (nSPS) is 15.3. The summed E-state index contributed by atoms with van der Waals surface area (Å²) in [6, 6.07) is 0.407. The van der Waals surface area contributed by atoms with Crippen molar-refractivity contribution in [1.82, 2.24) is 16.0 Å². The highest BCUT2D eigenvalue weighted by Crippen LogP contribution is 2.18. The fourth-order valence-corrected chi connectivity index (χ4v) is 1.88. The van der Waals surface area contributed by atoms with Gasteiger partial charge in [-0.1, -0.05) is 26.7 Å². The number of hydrogen-bond acceptors (Lipinski definition) is 2. The van der Waals surface area contributed by atoms with Crippen LogP contribution in [0.15, 0.2) is 4.99 Å². The molecule has 0 heterocycles. The molecule has 0 atom stereocenters. The van der Waals surface area contributed by atoms with Crippen molar-refractivity contribution in [2.45, 2.75) is 58.9 Å². The quantitative estimate of drug-likeness (QED) is 0.342. The van der Waals surface area contributed by atoms with E-state index in [0.29, 0.717) is 6.04 Å². The van der Waals surface area contributed by atoms with E-state index in [-0.39, 0.29) is 12.5 Å². The summed E-state index contributed by atoms with van der Waals surface area (Å²) in [5.74, 6) is 1.52. The third-order valence-corrected chi connectivity index (χ3v) is 3.17. The smallest absolute Gasteiger partial charge is 0.242 e. The van der Waals surface area contributed by atoms with Crippen LogP contribution in [0.5, 0.6) is 0 Å². The van der Waals surface area contributed by atoms with Crippen LogP contribution >= 0.6 is 0 Å². The highest BCUT2D eigenvalue weighted by atomic mass is 16.2. The Kier molecular flexibility index (Phi) is 8.07. The van der Waals surface area contributed by atoms with Crippen LogP contribution in [0.2, 0.25) is 0 Å². The second-order valence-electron chi connectivity index (χ2n) is 5.85. The van der Waals surface area contributed by atoms with E-state index in [4.69, 9.17) is 0 Å². The fourth-order valence-electron chi connectivity index (χ4n) is 1.88. The fraction of sp³-hybridized carbons (Fsp3) is 0.867. The third kappa shape index (κ3) is 8.77. The number of carbonyl (C=O) groups excluding carboxylic acids is 1. The Hall–Kier alpha value is -1.26. The van der Waals surface area contributed by atoms with Crippen molar-refractivity contribution >= 4 is 11.9 Å². The van der Waals surface area contributed by atoms with Crippen molar-refractivity contribution in [2.75, 3.05) is 19.6 Å². The highest BCUT2D eigenvalue weighted by molar-refractivity contribution is 5.85. The predicted octanol–water partition coefficient (Wildman–Crippen LogP) is 1.65. The minimum absolute atomic E-state index is 0.0181. The van der Waals surface area contributed by atoms with E-state index in [1.165, 1.54) is 12.8 Å². The number of nitrogens with zero attached hydrogens (tertiary/aromatic N) is 1. The highest BCUT2D eigenvalue weighted by Gasteiger charge is 2.22. The van der Waals surface area contributed by atoms with Gasteiger partial charge in [0.1, 0.15) is 6.54 Å². The number of rotatable bonds is 9. The van der Waals surface area contributed by atoms with E-state index in [0.717, 1.165) is 44.2 Å². The van der Waals surface area contributed by atoms with Crippen LogP contribution in [0.3, 0.4) is 0 Å². The SMILES string of the molecule is CCNC(=NCC(=O)NC1CC1)NCCCCC(C)C. The van der Waals surface area contributed by atoms with Crippen molar-refractivity contribution in [3.8, 4) is 0 Å². The molecule has 3 N–H and O–H groups in total. The number of guanidine groups is 1. The molecule has 1 saturated carbocycles. The van der Waals surface area contributed by atoms with E-state index < -0.39 is 0 Å². The Bertz CT molecular complexity index is 311. The molecule has 20 heavy (non-hydrogen) atoms. The van der Waals surface area contributed by atoms with Gasteiger partial charge in [-0.2, -0.15) is 0 Å². The summed E-state index contributed by atoms with van der Waals surface area (Å²) in [4.78, 5) is 15.9. The van der Waals surface area contributed by atoms with Crippen LogP contribution in [-0.4, -0.2) is 37.5 Å². The molecule has 5 heteroatoms. The molecule has 0 spiro atoms. The van der Waals surface area contributed by atoms with Crippen LogP contribution in [0, 0.1) is 5.92 Å². The lowest BCUT2D eigenvalue weighted by molar-refractivity contribution is -0.119. The topological polar surface area (TPSA) is 65.5 Å². The maximum atomic E-state index is 11.6. The minimum atomic E-state index is 0.0181. The van der Waals surface area contributed by atoms with Crippen LogP contribution in [0.1, 0.15) is 52.9 Å². The van der Waals surface area contributed by atoms with Gasteiger partial charge in [0.2, 0.25) is 5.91 Å². The first-order chi connectivity index (χ1) is 9.61. The van der Waals surface area contributed by atoms with Gasteiger partial charge in [0.25, 0.3) is 0 Å². The number of aliphatic imine (C=N–C) groups is 1. The van der Waals surface area contributed by atoms with E-state index in [2.05, 4.69) is 34.8 Å². The summed E-state index contributed by atoms with van der Waals surface area (Å²) < 4.78 is 0. The second-order valence-corrected chi connectivity index (χ2v) is 5.85. The summed E-state index contributed by atoms with van der Waals surface area (Å²) in [5, 5.41) is 9.38. The third-order valence-electron chi connectivity index (χ3n) is 3.17. The summed E-state index contributed by atoms with van der Waals surface area (Å²) >= 11 is 0. The lowest BCUT2D eigenvalue weighted by Crippen LogP contribution is -2.39. The zero-order chi connectivity index (χ0) is 14.8. The van der Waals surface area contributed by atoms with Crippen LogP contribution < -0.4 is 16.0 Å². The van der Waals surface area contributed by atoms with E-state index in [1.54, 1.807) is 0 Å². The molecular weight excluding hydrogens is 252 g/mol. The van der Waals surface area contributed by atoms with Crippen molar-refractivity contribution in [3.05, 3.63) is 0 Å². The van der Waals surface area contributed by atoms with E-state index >= 15 is 0 Å². The lowest BCUT2D eigenvalue weighted by Gasteiger charge is -2.11. The molecule has 0 aliphatic heterocycles. The maximum Gasteiger partial charge on any atom is 0.242 e. The summed E-state index contributed by atoms with van der Waals surface area (Å²) in [6.07, 6.45) is 5.86. The minimum Gasteiger partial charge on any atom is -0.357 e. The molecule has 0 bridgehead atoms. The van der Waals surface area contributed by atoms with Gasteiger partial charge in [0.15, 0.2) is 5.96 Å². The number of amides is 1. The standard InChI is InChI=1S/C15H30N4O/c1-4-16-15(17-10-6-5-7-12(2)3)18-11-14(20)19-13-8-9-13/h12-13H,4-11H2,1-3H3,(H,19,20)(H2,16,17,18). The van der Waals surface area contributed by atoms with Crippen molar-refractivity contribution in [1.29, 1.82) is 0 Å². The molecule has 1 rings (SSSR count). The summed E-state index contributed by atoms with van der Waals surface area (Å²) in [7, 11) is 0. The van der Waals surface area contributed by atoms with Crippen LogP contribution in [0.4, 0.5) is 0 Å². The average molecular weight is 282 g/mol. The first-order valence-corrected chi connectivity index (χ1v) is 7.93. The number of nitrogens with one attached hydrogen (secondary N) is 3. The molecule has 0 aromatic heterocycles. The molecule has 0 aromatic rings. The molecule has 1 fully saturated rings. The first kappa shape index (κ1) is 16.8. The van der Waals surface area contributed by atoms with Gasteiger partial charge in [-0.3, -0.25) is 4.79 Å². The molecule has 0 radical (unpaired) electrons. The zero-order valence-corrected chi connectivity index (χ0v) is 13.2. The van der Waals surface area contributed by atoms with Crippen molar-refractivity contribution in [3.63, 3.8) is 0 Å². The summed E-state index contributed by atoms with van der Waals surface area (Å²) in [5.41, 5.74) is 0. The molecule has 1 amide bonds. The molecular formula is C15H30N4O. The van der Waals surface area contributed by atoms with Gasteiger partial charge in [-0.05, 0) is 32.1 Å². The zero-order valence-electron chi connectivity index (χ0n) is 13.2. The Morgan fingerprint density at radius 2 is 2.00 bits per heavy atom. The maximum absolute atomic E-state index is 11.6. The van der Waals surface area contributed by atoms with E-state index in [9.17, 15) is 4.79 Å². The number of hydrogen-bond donors (Lipinski definition) is 3. The molecule has 0 unspecified atom stereocenters. The van der Waals surface area contributed by atoms with Gasteiger partial charge in [-0.15, -0.1) is 0 Å². The molecule has 0 saturated heterocycles. The molecule has 1 aliphatic rings. The van der Waals surface area contributed by atoms with Gasteiger partial charge in [-0.25, -0.2) is 4.99 Å². The lowest BCUT2D eigenvalue weighted by atomic mass is 10.1.